The molecule has 23 heavy (non-hydrogen) atoms. The predicted molar refractivity (Wildman–Crippen MR) is 98.4 cm³/mol. The number of benzene rings is 2. The highest BCUT2D eigenvalue weighted by Gasteiger charge is 2.27. The van der Waals surface area contributed by atoms with Crippen molar-refractivity contribution in [1.29, 1.82) is 0 Å². The fourth-order valence-corrected chi connectivity index (χ4v) is 3.29. The van der Waals surface area contributed by atoms with Crippen LogP contribution in [-0.4, -0.2) is 36.5 Å². The molecule has 3 rings (SSSR count). The van der Waals surface area contributed by atoms with Gasteiger partial charge in [0.25, 0.3) is 5.91 Å². The van der Waals surface area contributed by atoms with Gasteiger partial charge in [-0.1, -0.05) is 56.2 Å². The molecule has 1 aliphatic rings. The Kier molecular flexibility index (Phi) is 6.43. The number of hydrogen-bond donors (Lipinski definition) is 1. The van der Waals surface area contributed by atoms with E-state index in [1.54, 1.807) is 0 Å². The van der Waals surface area contributed by atoms with Crippen molar-refractivity contribution in [3.63, 3.8) is 0 Å². The molecule has 1 heterocycles. The van der Waals surface area contributed by atoms with Crippen LogP contribution in [0.15, 0.2) is 42.5 Å². The number of halogens is 1. The number of amides is 1. The Morgan fingerprint density at radius 3 is 2.83 bits per heavy atom. The normalized spacial score (nSPS) is 17.8. The van der Waals surface area contributed by atoms with Gasteiger partial charge in [0.1, 0.15) is 0 Å². The molecule has 124 valence electrons. The highest BCUT2D eigenvalue weighted by Crippen LogP contribution is 2.22. The zero-order chi connectivity index (χ0) is 15.4. The standard InChI is InChI=1S/C19H24N2O.ClH/c1-2-3-9-16-14-20-12-13-21(16)19(22)18-11-6-8-15-7-4-5-10-17(15)18;/h4-8,10-11,16,20H,2-3,9,12-14H2,1H3;1H/t16-;/m0./s1. The number of nitrogens with zero attached hydrogens (tertiary/aromatic N) is 1. The second-order valence-electron chi connectivity index (χ2n) is 6.03. The monoisotopic (exact) mass is 332 g/mol. The fourth-order valence-electron chi connectivity index (χ4n) is 3.29. The lowest BCUT2D eigenvalue weighted by Gasteiger charge is -2.36. The molecule has 0 bridgehead atoms. The molecule has 2 aromatic carbocycles. The van der Waals surface area contributed by atoms with Gasteiger partial charge in [-0.25, -0.2) is 0 Å². The lowest BCUT2D eigenvalue weighted by Crippen LogP contribution is -2.53. The maximum Gasteiger partial charge on any atom is 0.254 e. The lowest BCUT2D eigenvalue weighted by molar-refractivity contribution is 0.0624. The number of nitrogens with one attached hydrogen (secondary N) is 1. The Bertz CT molecular complexity index is 653. The Labute approximate surface area is 144 Å². The molecular weight excluding hydrogens is 308 g/mol. The van der Waals surface area contributed by atoms with Gasteiger partial charge in [0.05, 0.1) is 0 Å². The van der Waals surface area contributed by atoms with Crippen LogP contribution in [0.4, 0.5) is 0 Å². The number of hydrogen-bond acceptors (Lipinski definition) is 2. The Balaban J connectivity index is 0.00000192. The van der Waals surface area contributed by atoms with Crippen molar-refractivity contribution in [2.24, 2.45) is 0 Å². The van der Waals surface area contributed by atoms with E-state index in [1.165, 1.54) is 12.8 Å². The number of carbonyl (C=O) groups is 1. The van der Waals surface area contributed by atoms with Gasteiger partial charge in [-0.05, 0) is 23.3 Å². The molecule has 1 aliphatic heterocycles. The third-order valence-corrected chi connectivity index (χ3v) is 4.52. The Hall–Kier alpha value is -1.58. The van der Waals surface area contributed by atoms with E-state index in [-0.39, 0.29) is 18.3 Å². The van der Waals surface area contributed by atoms with E-state index < -0.39 is 0 Å². The van der Waals surface area contributed by atoms with E-state index in [9.17, 15) is 4.79 Å². The maximum absolute atomic E-state index is 13.1. The maximum atomic E-state index is 13.1. The van der Waals surface area contributed by atoms with E-state index in [2.05, 4.69) is 29.3 Å². The molecule has 1 N–H and O–H groups in total. The van der Waals surface area contributed by atoms with Gasteiger partial charge in [0.2, 0.25) is 0 Å². The number of piperazine rings is 1. The molecule has 4 heteroatoms. The highest BCUT2D eigenvalue weighted by molar-refractivity contribution is 6.07. The molecule has 0 aromatic heterocycles. The number of carbonyl (C=O) groups excluding carboxylic acids is 1. The third kappa shape index (κ3) is 3.85. The first-order valence-electron chi connectivity index (χ1n) is 8.30. The summed E-state index contributed by atoms with van der Waals surface area (Å²) in [5.41, 5.74) is 0.835. The van der Waals surface area contributed by atoms with Gasteiger partial charge < -0.3 is 10.2 Å². The molecular formula is C19H25ClN2O. The topological polar surface area (TPSA) is 32.3 Å². The highest BCUT2D eigenvalue weighted by atomic mass is 35.5. The van der Waals surface area contributed by atoms with Crippen LogP contribution in [0.5, 0.6) is 0 Å². The third-order valence-electron chi connectivity index (χ3n) is 4.52. The van der Waals surface area contributed by atoms with Crippen LogP contribution in [0.25, 0.3) is 10.8 Å². The van der Waals surface area contributed by atoms with Crippen LogP contribution < -0.4 is 5.32 Å². The summed E-state index contributed by atoms with van der Waals surface area (Å²) in [7, 11) is 0. The minimum absolute atomic E-state index is 0. The number of fused-ring (bicyclic) bond motifs is 1. The van der Waals surface area contributed by atoms with Crippen LogP contribution in [0, 0.1) is 0 Å². The predicted octanol–water partition coefficient (Wildman–Crippen LogP) is 3.87. The summed E-state index contributed by atoms with van der Waals surface area (Å²) in [5.74, 6) is 0.180. The van der Waals surface area contributed by atoms with Gasteiger partial charge in [-0.3, -0.25) is 4.79 Å². The van der Waals surface area contributed by atoms with Crippen molar-refractivity contribution < 1.29 is 4.79 Å². The van der Waals surface area contributed by atoms with Crippen molar-refractivity contribution in [3.8, 4) is 0 Å². The summed E-state index contributed by atoms with van der Waals surface area (Å²) in [5, 5.41) is 5.61. The minimum Gasteiger partial charge on any atom is -0.333 e. The van der Waals surface area contributed by atoms with Crippen LogP contribution in [0.3, 0.4) is 0 Å². The van der Waals surface area contributed by atoms with E-state index in [0.29, 0.717) is 6.04 Å². The Morgan fingerprint density at radius 2 is 2.00 bits per heavy atom. The summed E-state index contributed by atoms with van der Waals surface area (Å²) in [6, 6.07) is 14.5. The fraction of sp³-hybridized carbons (Fsp3) is 0.421. The van der Waals surface area contributed by atoms with Gasteiger partial charge >= 0.3 is 0 Å². The smallest absolute Gasteiger partial charge is 0.254 e. The Morgan fingerprint density at radius 1 is 1.22 bits per heavy atom. The summed E-state index contributed by atoms with van der Waals surface area (Å²) in [4.78, 5) is 15.2. The molecule has 0 saturated carbocycles. The zero-order valence-electron chi connectivity index (χ0n) is 13.6. The summed E-state index contributed by atoms with van der Waals surface area (Å²) in [6.45, 7) is 4.80. The SMILES string of the molecule is CCCC[C@H]1CNCCN1C(=O)c1cccc2ccccc12.Cl. The van der Waals surface area contributed by atoms with E-state index >= 15 is 0 Å². The number of unbranched alkanes of at least 4 members (excludes halogenated alkanes) is 1. The van der Waals surface area contributed by atoms with Crippen LogP contribution in [0.1, 0.15) is 36.5 Å². The second-order valence-corrected chi connectivity index (χ2v) is 6.03. The molecule has 0 aliphatic carbocycles. The first kappa shape index (κ1) is 17.8. The second kappa shape index (κ2) is 8.32. The van der Waals surface area contributed by atoms with E-state index in [4.69, 9.17) is 0 Å². The largest absolute Gasteiger partial charge is 0.333 e. The van der Waals surface area contributed by atoms with Crippen LogP contribution in [0.2, 0.25) is 0 Å². The van der Waals surface area contributed by atoms with Crippen LogP contribution in [-0.2, 0) is 0 Å². The molecule has 1 saturated heterocycles. The van der Waals surface area contributed by atoms with Crippen molar-refractivity contribution in [2.75, 3.05) is 19.6 Å². The first-order valence-corrected chi connectivity index (χ1v) is 8.30. The van der Waals surface area contributed by atoms with Crippen LogP contribution >= 0.6 is 12.4 Å². The molecule has 0 radical (unpaired) electrons. The van der Waals surface area contributed by atoms with Crippen molar-refractivity contribution >= 4 is 29.1 Å². The van der Waals surface area contributed by atoms with E-state index in [0.717, 1.165) is 42.4 Å². The molecule has 0 unspecified atom stereocenters. The molecule has 1 atom stereocenters. The van der Waals surface area contributed by atoms with Gasteiger partial charge in [-0.15, -0.1) is 12.4 Å². The molecule has 0 spiro atoms. The average Bonchev–Trinajstić information content (AvgIpc) is 2.59. The average molecular weight is 333 g/mol. The molecule has 1 fully saturated rings. The van der Waals surface area contributed by atoms with Gasteiger partial charge in [-0.2, -0.15) is 0 Å². The van der Waals surface area contributed by atoms with Crippen molar-refractivity contribution in [2.45, 2.75) is 32.2 Å². The summed E-state index contributed by atoms with van der Waals surface area (Å²) >= 11 is 0. The molecule has 2 aromatic rings. The summed E-state index contributed by atoms with van der Waals surface area (Å²) < 4.78 is 0. The molecule has 1 amide bonds. The van der Waals surface area contributed by atoms with E-state index in [1.807, 2.05) is 30.3 Å². The summed E-state index contributed by atoms with van der Waals surface area (Å²) in [6.07, 6.45) is 3.43. The molecule has 3 nitrogen and oxygen atoms in total. The number of rotatable bonds is 4. The van der Waals surface area contributed by atoms with Gasteiger partial charge in [0, 0.05) is 31.2 Å². The quantitative estimate of drug-likeness (QED) is 0.922. The zero-order valence-corrected chi connectivity index (χ0v) is 14.4. The van der Waals surface area contributed by atoms with Crippen molar-refractivity contribution in [1.82, 2.24) is 10.2 Å². The van der Waals surface area contributed by atoms with Gasteiger partial charge in [0.15, 0.2) is 0 Å². The lowest BCUT2D eigenvalue weighted by atomic mass is 10.0. The first-order chi connectivity index (χ1) is 10.8. The minimum atomic E-state index is 0. The van der Waals surface area contributed by atoms with Crippen molar-refractivity contribution in [3.05, 3.63) is 48.0 Å².